The minimum absolute atomic E-state index is 0.218. The van der Waals surface area contributed by atoms with Crippen molar-refractivity contribution in [3.63, 3.8) is 0 Å². The molecular weight excluding hydrogens is 186 g/mol. The van der Waals surface area contributed by atoms with Crippen LogP contribution in [0, 0.1) is 0 Å². The number of carbonyl (C=O) groups is 1. The number of hydrogen-bond acceptors (Lipinski definition) is 3. The van der Waals surface area contributed by atoms with Gasteiger partial charge in [0.05, 0.1) is 0 Å². The lowest BCUT2D eigenvalue weighted by molar-refractivity contribution is -0.144. The molecule has 0 aromatic rings. The van der Waals surface area contributed by atoms with E-state index in [0.29, 0.717) is 6.04 Å². The number of thioether (sulfide) groups is 1. The van der Waals surface area contributed by atoms with Gasteiger partial charge in [-0.15, -0.1) is 0 Å². The van der Waals surface area contributed by atoms with Crippen LogP contribution in [0.1, 0.15) is 19.3 Å². The Balaban J connectivity index is 1.99. The molecular formula is C9H15NO2S. The third kappa shape index (κ3) is 1.83. The minimum Gasteiger partial charge on any atom is -0.480 e. The first-order valence-electron chi connectivity index (χ1n) is 4.85. The molecule has 0 bridgehead atoms. The minimum atomic E-state index is -0.640. The highest BCUT2D eigenvalue weighted by Gasteiger charge is 2.35. The van der Waals surface area contributed by atoms with E-state index < -0.39 is 5.97 Å². The molecule has 1 aliphatic carbocycles. The first-order chi connectivity index (χ1) is 6.29. The fourth-order valence-electron chi connectivity index (χ4n) is 1.99. The first-order valence-corrected chi connectivity index (χ1v) is 6.01. The van der Waals surface area contributed by atoms with Crippen LogP contribution in [0.4, 0.5) is 0 Å². The second kappa shape index (κ2) is 3.88. The van der Waals surface area contributed by atoms with Gasteiger partial charge >= 0.3 is 5.97 Å². The highest BCUT2D eigenvalue weighted by atomic mass is 32.2. The van der Waals surface area contributed by atoms with Crippen molar-refractivity contribution in [1.29, 1.82) is 0 Å². The molecule has 2 fully saturated rings. The molecule has 1 atom stereocenters. The molecule has 0 aromatic heterocycles. The van der Waals surface area contributed by atoms with Gasteiger partial charge in [-0.3, -0.25) is 9.69 Å². The van der Waals surface area contributed by atoms with E-state index >= 15 is 0 Å². The predicted octanol–water partition coefficient (Wildman–Crippen LogP) is 1.04. The summed E-state index contributed by atoms with van der Waals surface area (Å²) in [6.45, 7) is 0.965. The lowest BCUT2D eigenvalue weighted by Gasteiger charge is -2.43. The second-order valence-electron chi connectivity index (χ2n) is 3.75. The molecule has 1 saturated carbocycles. The molecule has 1 N–H and O–H groups in total. The summed E-state index contributed by atoms with van der Waals surface area (Å²) in [4.78, 5) is 13.2. The largest absolute Gasteiger partial charge is 0.480 e. The zero-order chi connectivity index (χ0) is 9.26. The van der Waals surface area contributed by atoms with Crippen molar-refractivity contribution in [2.24, 2.45) is 0 Å². The maximum atomic E-state index is 11.0. The summed E-state index contributed by atoms with van der Waals surface area (Å²) in [6, 6.07) is 0.353. The smallest absolute Gasteiger partial charge is 0.321 e. The van der Waals surface area contributed by atoms with Gasteiger partial charge in [0, 0.05) is 24.1 Å². The summed E-state index contributed by atoms with van der Waals surface area (Å²) in [7, 11) is 0. The molecule has 74 valence electrons. The quantitative estimate of drug-likeness (QED) is 0.724. The Kier molecular flexibility index (Phi) is 2.79. The normalized spacial score (nSPS) is 31.2. The topological polar surface area (TPSA) is 40.5 Å². The molecule has 2 aliphatic rings. The Labute approximate surface area is 82.5 Å². The lowest BCUT2D eigenvalue weighted by Crippen LogP contribution is -2.54. The van der Waals surface area contributed by atoms with Gasteiger partial charge < -0.3 is 5.11 Å². The standard InChI is InChI=1S/C9H15NO2S/c11-9(12)8-6-13-5-4-10(8)7-2-1-3-7/h7-8H,1-6H2,(H,11,12). The molecule has 2 rings (SSSR count). The van der Waals surface area contributed by atoms with Crippen LogP contribution >= 0.6 is 11.8 Å². The maximum Gasteiger partial charge on any atom is 0.321 e. The van der Waals surface area contributed by atoms with Crippen LogP contribution < -0.4 is 0 Å². The first kappa shape index (κ1) is 9.34. The molecule has 1 heterocycles. The van der Waals surface area contributed by atoms with Crippen molar-refractivity contribution >= 4 is 17.7 Å². The van der Waals surface area contributed by atoms with Gasteiger partial charge in [0.25, 0.3) is 0 Å². The van der Waals surface area contributed by atoms with Crippen LogP contribution in [-0.2, 0) is 4.79 Å². The fraction of sp³-hybridized carbons (Fsp3) is 0.889. The molecule has 13 heavy (non-hydrogen) atoms. The van der Waals surface area contributed by atoms with Gasteiger partial charge in [-0.2, -0.15) is 11.8 Å². The lowest BCUT2D eigenvalue weighted by atomic mass is 9.90. The van der Waals surface area contributed by atoms with Gasteiger partial charge in [-0.25, -0.2) is 0 Å². The summed E-state index contributed by atoms with van der Waals surface area (Å²) >= 11 is 1.76. The second-order valence-corrected chi connectivity index (χ2v) is 4.90. The van der Waals surface area contributed by atoms with Crippen LogP contribution in [0.3, 0.4) is 0 Å². The molecule has 0 amide bonds. The third-order valence-corrected chi connectivity index (χ3v) is 4.02. The van der Waals surface area contributed by atoms with Crippen molar-refractivity contribution in [3.05, 3.63) is 0 Å². The highest BCUT2D eigenvalue weighted by Crippen LogP contribution is 2.29. The summed E-state index contributed by atoms with van der Waals surface area (Å²) in [5.41, 5.74) is 0. The van der Waals surface area contributed by atoms with E-state index in [1.165, 1.54) is 19.3 Å². The maximum absolute atomic E-state index is 11.0. The van der Waals surface area contributed by atoms with E-state index in [2.05, 4.69) is 4.90 Å². The molecule has 1 saturated heterocycles. The number of aliphatic carboxylic acids is 1. The van der Waals surface area contributed by atoms with Crippen LogP contribution in [0.5, 0.6) is 0 Å². The summed E-state index contributed by atoms with van der Waals surface area (Å²) in [5.74, 6) is 1.23. The van der Waals surface area contributed by atoms with E-state index in [4.69, 9.17) is 5.11 Å². The van der Waals surface area contributed by atoms with Gasteiger partial charge in [0.2, 0.25) is 0 Å². The van der Waals surface area contributed by atoms with Gasteiger partial charge in [-0.05, 0) is 12.8 Å². The zero-order valence-electron chi connectivity index (χ0n) is 7.61. The van der Waals surface area contributed by atoms with E-state index in [1.807, 2.05) is 0 Å². The van der Waals surface area contributed by atoms with Gasteiger partial charge in [0.1, 0.15) is 6.04 Å². The molecule has 0 aromatic carbocycles. The van der Waals surface area contributed by atoms with E-state index in [1.54, 1.807) is 11.8 Å². The molecule has 0 radical (unpaired) electrons. The van der Waals surface area contributed by atoms with Crippen LogP contribution in [0.15, 0.2) is 0 Å². The Bertz CT molecular complexity index is 206. The van der Waals surface area contributed by atoms with Crippen LogP contribution in [0.2, 0.25) is 0 Å². The zero-order valence-corrected chi connectivity index (χ0v) is 8.42. The number of hydrogen-bond donors (Lipinski definition) is 1. The van der Waals surface area contributed by atoms with Gasteiger partial charge in [-0.1, -0.05) is 6.42 Å². The highest BCUT2D eigenvalue weighted by molar-refractivity contribution is 7.99. The van der Waals surface area contributed by atoms with Crippen molar-refractivity contribution in [3.8, 4) is 0 Å². The number of carboxylic acids is 1. The molecule has 1 aliphatic heterocycles. The Morgan fingerprint density at radius 2 is 2.23 bits per heavy atom. The number of rotatable bonds is 2. The molecule has 4 heteroatoms. The Morgan fingerprint density at radius 3 is 2.77 bits per heavy atom. The molecule has 3 nitrogen and oxygen atoms in total. The van der Waals surface area contributed by atoms with Crippen LogP contribution in [-0.4, -0.2) is 46.1 Å². The van der Waals surface area contributed by atoms with Crippen molar-refractivity contribution in [2.45, 2.75) is 31.3 Å². The fourth-order valence-corrected chi connectivity index (χ4v) is 3.05. The van der Waals surface area contributed by atoms with Crippen molar-refractivity contribution in [1.82, 2.24) is 4.90 Å². The van der Waals surface area contributed by atoms with Crippen LogP contribution in [0.25, 0.3) is 0 Å². The Hall–Kier alpha value is -0.220. The predicted molar refractivity (Wildman–Crippen MR) is 53.1 cm³/mol. The number of nitrogens with zero attached hydrogens (tertiary/aromatic N) is 1. The van der Waals surface area contributed by atoms with E-state index in [0.717, 1.165) is 18.1 Å². The van der Waals surface area contributed by atoms with E-state index in [-0.39, 0.29) is 6.04 Å². The summed E-state index contributed by atoms with van der Waals surface area (Å²) in [6.07, 6.45) is 3.68. The molecule has 0 spiro atoms. The number of carboxylic acid groups (broad SMARTS) is 1. The summed E-state index contributed by atoms with van der Waals surface area (Å²) in [5, 5.41) is 9.02. The van der Waals surface area contributed by atoms with Crippen molar-refractivity contribution in [2.75, 3.05) is 18.1 Å². The third-order valence-electron chi connectivity index (χ3n) is 3.00. The Morgan fingerprint density at radius 1 is 1.46 bits per heavy atom. The average molecular weight is 201 g/mol. The summed E-state index contributed by atoms with van der Waals surface area (Å²) < 4.78 is 0. The SMILES string of the molecule is O=C(O)C1CSCCN1C1CCC1. The average Bonchev–Trinajstić information content (AvgIpc) is 2.02. The van der Waals surface area contributed by atoms with E-state index in [9.17, 15) is 4.79 Å². The van der Waals surface area contributed by atoms with Gasteiger partial charge in [0.15, 0.2) is 0 Å². The monoisotopic (exact) mass is 201 g/mol. The molecule has 1 unspecified atom stereocenters. The van der Waals surface area contributed by atoms with Crippen molar-refractivity contribution < 1.29 is 9.90 Å².